The van der Waals surface area contributed by atoms with Crippen LogP contribution in [0.15, 0.2) is 35.4 Å². The van der Waals surface area contributed by atoms with Gasteiger partial charge in [0.1, 0.15) is 0 Å². The summed E-state index contributed by atoms with van der Waals surface area (Å²) in [7, 11) is 0. The molecule has 0 radical (unpaired) electrons. The summed E-state index contributed by atoms with van der Waals surface area (Å²) in [5.41, 5.74) is 3.34. The van der Waals surface area contributed by atoms with Gasteiger partial charge < -0.3 is 10.1 Å². The molecular formula is C17H20N4O2. The zero-order chi connectivity index (χ0) is 15.6. The Morgan fingerprint density at radius 1 is 1.26 bits per heavy atom. The maximum absolute atomic E-state index is 12.4. The second-order valence-corrected chi connectivity index (χ2v) is 6.20. The predicted octanol–water partition coefficient (Wildman–Crippen LogP) is 0.857. The Balaban J connectivity index is 1.53. The van der Waals surface area contributed by atoms with Crippen molar-refractivity contribution in [2.75, 3.05) is 13.2 Å². The van der Waals surface area contributed by atoms with E-state index in [0.29, 0.717) is 13.2 Å². The van der Waals surface area contributed by atoms with Crippen LogP contribution in [0.4, 0.5) is 0 Å². The molecule has 0 spiro atoms. The van der Waals surface area contributed by atoms with Crippen LogP contribution >= 0.6 is 0 Å². The standard InChI is InChI=1S/C17H20N4O2/c22-17-8-13-2-1-3-14(13)20-21(17)16-11-23-10-15(16)19-9-12-4-6-18-7-5-12/h4-8,15-16,19H,1-3,9-11H2. The van der Waals surface area contributed by atoms with Crippen LogP contribution in [-0.2, 0) is 24.1 Å². The second kappa shape index (κ2) is 6.22. The average Bonchev–Trinajstić information content (AvgIpc) is 3.21. The Bertz CT molecular complexity index is 744. The van der Waals surface area contributed by atoms with E-state index >= 15 is 0 Å². The number of hydrogen-bond acceptors (Lipinski definition) is 5. The fourth-order valence-corrected chi connectivity index (χ4v) is 3.38. The van der Waals surface area contributed by atoms with Crippen molar-refractivity contribution in [3.8, 4) is 0 Å². The lowest BCUT2D eigenvalue weighted by molar-refractivity contribution is 0.180. The topological polar surface area (TPSA) is 69.0 Å². The molecule has 23 heavy (non-hydrogen) atoms. The first-order chi connectivity index (χ1) is 11.3. The van der Waals surface area contributed by atoms with E-state index < -0.39 is 0 Å². The van der Waals surface area contributed by atoms with E-state index in [9.17, 15) is 4.79 Å². The molecule has 0 bridgehead atoms. The summed E-state index contributed by atoms with van der Waals surface area (Å²) in [6.45, 7) is 1.85. The first-order valence-electron chi connectivity index (χ1n) is 8.13. The molecule has 1 saturated heterocycles. The van der Waals surface area contributed by atoms with E-state index in [0.717, 1.165) is 37.1 Å². The van der Waals surface area contributed by atoms with Gasteiger partial charge in [0.2, 0.25) is 0 Å². The molecule has 1 aliphatic carbocycles. The van der Waals surface area contributed by atoms with Crippen molar-refractivity contribution in [1.82, 2.24) is 20.1 Å². The number of pyridine rings is 1. The molecule has 2 atom stereocenters. The van der Waals surface area contributed by atoms with Crippen molar-refractivity contribution in [2.24, 2.45) is 0 Å². The van der Waals surface area contributed by atoms with E-state index in [1.807, 2.05) is 12.1 Å². The van der Waals surface area contributed by atoms with Gasteiger partial charge in [-0.25, -0.2) is 4.68 Å². The average molecular weight is 312 g/mol. The molecule has 120 valence electrons. The van der Waals surface area contributed by atoms with Crippen molar-refractivity contribution in [3.63, 3.8) is 0 Å². The number of fused-ring (bicyclic) bond motifs is 1. The van der Waals surface area contributed by atoms with Gasteiger partial charge in [0.25, 0.3) is 5.56 Å². The van der Waals surface area contributed by atoms with Gasteiger partial charge in [0, 0.05) is 25.0 Å². The molecule has 2 aromatic heterocycles. The molecule has 2 aromatic rings. The molecule has 1 N–H and O–H groups in total. The fourth-order valence-electron chi connectivity index (χ4n) is 3.38. The fraction of sp³-hybridized carbons (Fsp3) is 0.471. The van der Waals surface area contributed by atoms with E-state index in [1.54, 1.807) is 23.1 Å². The van der Waals surface area contributed by atoms with Gasteiger partial charge in [-0.2, -0.15) is 5.10 Å². The monoisotopic (exact) mass is 312 g/mol. The number of aromatic nitrogens is 3. The Morgan fingerprint density at radius 2 is 2.13 bits per heavy atom. The van der Waals surface area contributed by atoms with Crippen molar-refractivity contribution in [3.05, 3.63) is 57.8 Å². The highest BCUT2D eigenvalue weighted by Crippen LogP contribution is 2.21. The number of ether oxygens (including phenoxy) is 1. The van der Waals surface area contributed by atoms with E-state index in [2.05, 4.69) is 15.4 Å². The highest BCUT2D eigenvalue weighted by molar-refractivity contribution is 5.22. The van der Waals surface area contributed by atoms with Crippen molar-refractivity contribution < 1.29 is 4.74 Å². The predicted molar refractivity (Wildman–Crippen MR) is 85.2 cm³/mol. The minimum absolute atomic E-state index is 0.0168. The molecule has 1 aliphatic heterocycles. The lowest BCUT2D eigenvalue weighted by Crippen LogP contribution is -2.41. The third-order valence-electron chi connectivity index (χ3n) is 4.66. The van der Waals surface area contributed by atoms with Crippen LogP contribution in [0.1, 0.15) is 29.3 Å². The SMILES string of the molecule is O=c1cc2c(nn1C1COCC1NCc1ccncc1)CCC2. The van der Waals surface area contributed by atoms with Gasteiger partial charge in [0.15, 0.2) is 0 Å². The Labute approximate surface area is 134 Å². The van der Waals surface area contributed by atoms with Crippen molar-refractivity contribution >= 4 is 0 Å². The third kappa shape index (κ3) is 2.92. The molecule has 0 saturated carbocycles. The third-order valence-corrected chi connectivity index (χ3v) is 4.66. The van der Waals surface area contributed by atoms with Gasteiger partial charge in [-0.15, -0.1) is 0 Å². The number of aryl methyl sites for hydroxylation is 2. The van der Waals surface area contributed by atoms with Gasteiger partial charge in [-0.05, 0) is 42.5 Å². The minimum atomic E-state index is -0.0461. The zero-order valence-electron chi connectivity index (χ0n) is 12.9. The molecule has 3 heterocycles. The summed E-state index contributed by atoms with van der Waals surface area (Å²) < 4.78 is 7.24. The van der Waals surface area contributed by atoms with Crippen LogP contribution in [0.25, 0.3) is 0 Å². The lowest BCUT2D eigenvalue weighted by Gasteiger charge is -2.21. The summed E-state index contributed by atoms with van der Waals surface area (Å²) >= 11 is 0. The number of nitrogens with zero attached hydrogens (tertiary/aromatic N) is 3. The summed E-state index contributed by atoms with van der Waals surface area (Å²) in [6.07, 6.45) is 6.61. The van der Waals surface area contributed by atoms with Crippen LogP contribution in [0.5, 0.6) is 0 Å². The lowest BCUT2D eigenvalue weighted by atomic mass is 10.1. The Hall–Kier alpha value is -2.05. The summed E-state index contributed by atoms with van der Waals surface area (Å²) in [5.74, 6) is 0. The van der Waals surface area contributed by atoms with Crippen LogP contribution in [0.3, 0.4) is 0 Å². The van der Waals surface area contributed by atoms with Crippen molar-refractivity contribution in [2.45, 2.75) is 37.9 Å². The summed E-state index contributed by atoms with van der Waals surface area (Å²) in [4.78, 5) is 16.4. The second-order valence-electron chi connectivity index (χ2n) is 6.20. The normalized spacial score (nSPS) is 23.1. The Morgan fingerprint density at radius 3 is 3.00 bits per heavy atom. The number of rotatable bonds is 4. The van der Waals surface area contributed by atoms with Crippen LogP contribution in [0.2, 0.25) is 0 Å². The van der Waals surface area contributed by atoms with Gasteiger partial charge >= 0.3 is 0 Å². The molecule has 0 aromatic carbocycles. The minimum Gasteiger partial charge on any atom is -0.377 e. The van der Waals surface area contributed by atoms with Gasteiger partial charge in [0.05, 0.1) is 31.0 Å². The highest BCUT2D eigenvalue weighted by atomic mass is 16.5. The van der Waals surface area contributed by atoms with Gasteiger partial charge in [-0.3, -0.25) is 9.78 Å². The molecule has 0 amide bonds. The molecule has 6 nitrogen and oxygen atoms in total. The Kier molecular flexibility index (Phi) is 3.93. The van der Waals surface area contributed by atoms with Crippen molar-refractivity contribution in [1.29, 1.82) is 0 Å². The smallest absolute Gasteiger partial charge is 0.267 e. The number of nitrogens with one attached hydrogen (secondary N) is 1. The maximum atomic E-state index is 12.4. The molecule has 6 heteroatoms. The van der Waals surface area contributed by atoms with Crippen LogP contribution in [0, 0.1) is 0 Å². The van der Waals surface area contributed by atoms with Crippen LogP contribution < -0.4 is 10.9 Å². The molecule has 4 rings (SSSR count). The molecule has 1 fully saturated rings. The summed E-state index contributed by atoms with van der Waals surface area (Å²) in [6, 6.07) is 5.77. The largest absolute Gasteiger partial charge is 0.377 e. The number of hydrogen-bond donors (Lipinski definition) is 1. The first kappa shape index (κ1) is 14.5. The first-order valence-corrected chi connectivity index (χ1v) is 8.13. The maximum Gasteiger partial charge on any atom is 0.267 e. The van der Waals surface area contributed by atoms with E-state index in [1.165, 1.54) is 5.56 Å². The van der Waals surface area contributed by atoms with Gasteiger partial charge in [-0.1, -0.05) is 0 Å². The van der Waals surface area contributed by atoms with E-state index in [4.69, 9.17) is 4.74 Å². The molecular weight excluding hydrogens is 292 g/mol. The molecule has 2 unspecified atom stereocenters. The zero-order valence-corrected chi connectivity index (χ0v) is 12.9. The van der Waals surface area contributed by atoms with Crippen LogP contribution in [-0.4, -0.2) is 34.0 Å². The van der Waals surface area contributed by atoms with E-state index in [-0.39, 0.29) is 17.6 Å². The highest BCUT2D eigenvalue weighted by Gasteiger charge is 2.31. The quantitative estimate of drug-likeness (QED) is 0.907. The summed E-state index contributed by atoms with van der Waals surface area (Å²) in [5, 5.41) is 8.10. The molecule has 2 aliphatic rings.